The van der Waals surface area contributed by atoms with E-state index in [9.17, 15) is 43.2 Å². The molecular weight excluding hydrogens is 1190 g/mol. The van der Waals surface area contributed by atoms with Crippen LogP contribution in [0.3, 0.4) is 0 Å². The number of rotatable bonds is 71. The molecule has 0 amide bonds. The molecule has 0 heterocycles. The van der Waals surface area contributed by atoms with E-state index in [0.29, 0.717) is 25.7 Å². The maximum absolute atomic E-state index is 13.0. The maximum Gasteiger partial charge on any atom is 0.472 e. The number of esters is 4. The monoisotopic (exact) mass is 1320 g/mol. The SMILES string of the molecule is CCCCCCCCCCCCCCCCC(=O)OC[C@H](COP(=O)(O)OC[C@@H](O)COP(=O)(O)OC[C@@H](COC(=O)CCCCCCCCCCC)OC(=O)CCCCCCCCCCCCCC)OC(=O)CCCCCCCCCCCCCCC(C)C. The Kier molecular flexibility index (Phi) is 63.0. The number of aliphatic hydroxyl groups is 1. The normalized spacial score (nSPS) is 14.1. The van der Waals surface area contributed by atoms with Crippen molar-refractivity contribution in [2.24, 2.45) is 5.92 Å². The fourth-order valence-corrected chi connectivity index (χ4v) is 12.4. The lowest BCUT2D eigenvalue weighted by Crippen LogP contribution is -2.30. The molecule has 0 saturated carbocycles. The van der Waals surface area contributed by atoms with Crippen molar-refractivity contribution < 1.29 is 80.2 Å². The van der Waals surface area contributed by atoms with Gasteiger partial charge in [-0.25, -0.2) is 9.13 Å². The van der Waals surface area contributed by atoms with Gasteiger partial charge in [0.15, 0.2) is 12.2 Å². The summed E-state index contributed by atoms with van der Waals surface area (Å²) in [5, 5.41) is 10.6. The molecule has 0 rings (SSSR count). The van der Waals surface area contributed by atoms with Crippen LogP contribution in [0, 0.1) is 5.92 Å². The van der Waals surface area contributed by atoms with Crippen molar-refractivity contribution in [3.05, 3.63) is 0 Å². The van der Waals surface area contributed by atoms with Crippen molar-refractivity contribution in [2.45, 2.75) is 387 Å². The zero-order valence-electron chi connectivity index (χ0n) is 58.3. The molecule has 0 bridgehead atoms. The fraction of sp³-hybridized carbons (Fsp3) is 0.944. The number of carbonyl (C=O) groups is 4. The molecule has 0 aliphatic heterocycles. The van der Waals surface area contributed by atoms with Crippen LogP contribution in [-0.2, 0) is 65.4 Å². The summed E-state index contributed by atoms with van der Waals surface area (Å²) in [7, 11) is -9.90. The molecule has 17 nitrogen and oxygen atoms in total. The van der Waals surface area contributed by atoms with Gasteiger partial charge in [0.05, 0.1) is 26.4 Å². The van der Waals surface area contributed by atoms with E-state index < -0.39 is 97.5 Å². The van der Waals surface area contributed by atoms with Gasteiger partial charge in [-0.2, -0.15) is 0 Å². The Morgan fingerprint density at radius 3 is 0.756 bits per heavy atom. The summed E-state index contributed by atoms with van der Waals surface area (Å²) in [4.78, 5) is 72.5. The minimum Gasteiger partial charge on any atom is -0.462 e. The lowest BCUT2D eigenvalue weighted by molar-refractivity contribution is -0.161. The third-order valence-corrected chi connectivity index (χ3v) is 18.4. The van der Waals surface area contributed by atoms with E-state index in [4.69, 9.17) is 37.0 Å². The second-order valence-electron chi connectivity index (χ2n) is 26.1. The molecule has 2 unspecified atom stereocenters. The summed E-state index contributed by atoms with van der Waals surface area (Å²) >= 11 is 0. The second kappa shape index (κ2) is 64.4. The van der Waals surface area contributed by atoms with Crippen LogP contribution in [0.5, 0.6) is 0 Å². The highest BCUT2D eigenvalue weighted by atomic mass is 31.2. The number of hydrogen-bond acceptors (Lipinski definition) is 15. The summed E-state index contributed by atoms with van der Waals surface area (Å²) in [6.07, 6.45) is 51.2. The van der Waals surface area contributed by atoms with Gasteiger partial charge >= 0.3 is 39.5 Å². The Hall–Kier alpha value is -1.94. The van der Waals surface area contributed by atoms with E-state index >= 15 is 0 Å². The molecule has 90 heavy (non-hydrogen) atoms. The number of unbranched alkanes of at least 4 members (excludes halogenated alkanes) is 43. The molecule has 0 fully saturated rings. The lowest BCUT2D eigenvalue weighted by atomic mass is 10.0. The molecule has 0 aromatic heterocycles. The molecule has 0 aromatic rings. The zero-order valence-corrected chi connectivity index (χ0v) is 60.1. The number of aliphatic hydroxyl groups excluding tert-OH is 1. The Morgan fingerprint density at radius 1 is 0.300 bits per heavy atom. The highest BCUT2D eigenvalue weighted by Gasteiger charge is 2.30. The number of ether oxygens (including phenoxy) is 4. The quantitative estimate of drug-likeness (QED) is 0.0222. The summed E-state index contributed by atoms with van der Waals surface area (Å²) in [5.74, 6) is -1.34. The van der Waals surface area contributed by atoms with Crippen LogP contribution < -0.4 is 0 Å². The van der Waals surface area contributed by atoms with Crippen LogP contribution in [0.25, 0.3) is 0 Å². The molecule has 0 saturated heterocycles. The van der Waals surface area contributed by atoms with Gasteiger partial charge in [-0.05, 0) is 31.6 Å². The average Bonchev–Trinajstić information content (AvgIpc) is 3.29. The van der Waals surface area contributed by atoms with Crippen LogP contribution in [0.1, 0.15) is 369 Å². The molecule has 0 aromatic carbocycles. The van der Waals surface area contributed by atoms with Gasteiger partial charge in [0.25, 0.3) is 0 Å². The number of hydrogen-bond donors (Lipinski definition) is 3. The minimum absolute atomic E-state index is 0.107. The summed E-state index contributed by atoms with van der Waals surface area (Å²) in [5.41, 5.74) is 0. The second-order valence-corrected chi connectivity index (χ2v) is 29.0. The van der Waals surface area contributed by atoms with E-state index in [-0.39, 0.29) is 25.7 Å². The summed E-state index contributed by atoms with van der Waals surface area (Å²) in [6.45, 7) is 7.26. The largest absolute Gasteiger partial charge is 0.472 e. The van der Waals surface area contributed by atoms with E-state index in [2.05, 4.69) is 34.6 Å². The van der Waals surface area contributed by atoms with Gasteiger partial charge < -0.3 is 33.8 Å². The number of phosphoric ester groups is 2. The first-order valence-electron chi connectivity index (χ1n) is 37.1. The summed E-state index contributed by atoms with van der Waals surface area (Å²) < 4.78 is 68.3. The molecule has 0 radical (unpaired) electrons. The fourth-order valence-electron chi connectivity index (χ4n) is 10.8. The maximum atomic E-state index is 13.0. The first kappa shape index (κ1) is 88.1. The average molecular weight is 1330 g/mol. The van der Waals surface area contributed by atoms with Gasteiger partial charge in [-0.3, -0.25) is 37.3 Å². The first-order valence-corrected chi connectivity index (χ1v) is 40.1. The zero-order chi connectivity index (χ0) is 66.3. The van der Waals surface area contributed by atoms with Crippen molar-refractivity contribution in [3.63, 3.8) is 0 Å². The van der Waals surface area contributed by atoms with E-state index in [1.807, 2.05) is 0 Å². The highest BCUT2D eigenvalue weighted by molar-refractivity contribution is 7.47. The van der Waals surface area contributed by atoms with E-state index in [1.165, 1.54) is 193 Å². The van der Waals surface area contributed by atoms with Crippen molar-refractivity contribution in [2.75, 3.05) is 39.6 Å². The Labute approximate surface area is 549 Å². The van der Waals surface area contributed by atoms with Crippen molar-refractivity contribution in [1.29, 1.82) is 0 Å². The smallest absolute Gasteiger partial charge is 0.462 e. The van der Waals surface area contributed by atoms with Crippen LogP contribution in [0.4, 0.5) is 0 Å². The van der Waals surface area contributed by atoms with Crippen LogP contribution >= 0.6 is 15.6 Å². The minimum atomic E-state index is -4.95. The predicted molar refractivity (Wildman–Crippen MR) is 363 cm³/mol. The Morgan fingerprint density at radius 2 is 0.511 bits per heavy atom. The van der Waals surface area contributed by atoms with E-state index in [0.717, 1.165) is 95.8 Å². The molecule has 0 aliphatic rings. The van der Waals surface area contributed by atoms with Gasteiger partial charge in [0.1, 0.15) is 19.3 Å². The Balaban J connectivity index is 5.24. The molecule has 534 valence electrons. The van der Waals surface area contributed by atoms with Gasteiger partial charge in [-0.15, -0.1) is 0 Å². The van der Waals surface area contributed by atoms with Crippen LogP contribution in [0.15, 0.2) is 0 Å². The molecule has 19 heteroatoms. The van der Waals surface area contributed by atoms with Gasteiger partial charge in [0.2, 0.25) is 0 Å². The topological polar surface area (TPSA) is 237 Å². The molecule has 0 spiro atoms. The van der Waals surface area contributed by atoms with Gasteiger partial charge in [-0.1, -0.05) is 317 Å². The van der Waals surface area contributed by atoms with Crippen molar-refractivity contribution >= 4 is 39.5 Å². The molecular formula is C71H138O17P2. The molecule has 3 N–H and O–H groups in total. The molecule has 5 atom stereocenters. The summed E-state index contributed by atoms with van der Waals surface area (Å²) in [6, 6.07) is 0. The molecule has 0 aliphatic carbocycles. The first-order chi connectivity index (χ1) is 43.5. The third kappa shape index (κ3) is 64.8. The lowest BCUT2D eigenvalue weighted by Gasteiger charge is -2.21. The van der Waals surface area contributed by atoms with Crippen LogP contribution in [0.2, 0.25) is 0 Å². The highest BCUT2D eigenvalue weighted by Crippen LogP contribution is 2.45. The van der Waals surface area contributed by atoms with Crippen LogP contribution in [-0.4, -0.2) is 96.7 Å². The standard InChI is InChI=1S/C71H138O17P2/c1-6-9-12-15-18-21-23-25-26-31-35-40-45-50-55-69(74)82-61-67(88-71(76)57-52-47-42-37-32-28-27-29-34-38-43-48-53-64(4)5)63-86-90(79,80)84-59-65(72)58-83-89(77,78)85-62-66(60-81-68(73)54-49-44-39-33-20-17-14-11-8-3)87-70(75)56-51-46-41-36-30-24-22-19-16-13-10-7-2/h64-67,72H,6-63H2,1-5H3,(H,77,78)(H,79,80)/t65-,66+,67+/m0/s1. The van der Waals surface area contributed by atoms with Gasteiger partial charge in [0, 0.05) is 25.7 Å². The number of carbonyl (C=O) groups excluding carboxylic acids is 4. The number of phosphoric acid groups is 2. The Bertz CT molecular complexity index is 1740. The third-order valence-electron chi connectivity index (χ3n) is 16.5. The van der Waals surface area contributed by atoms with Crippen molar-refractivity contribution in [1.82, 2.24) is 0 Å². The van der Waals surface area contributed by atoms with Crippen molar-refractivity contribution in [3.8, 4) is 0 Å². The van der Waals surface area contributed by atoms with E-state index in [1.54, 1.807) is 0 Å². The predicted octanol–water partition coefficient (Wildman–Crippen LogP) is 20.5.